The van der Waals surface area contributed by atoms with Gasteiger partial charge in [-0.3, -0.25) is 9.48 Å². The van der Waals surface area contributed by atoms with Gasteiger partial charge in [-0.2, -0.15) is 5.10 Å². The molecule has 0 aliphatic carbocycles. The fourth-order valence-electron chi connectivity index (χ4n) is 2.92. The lowest BCUT2D eigenvalue weighted by Crippen LogP contribution is -2.23. The van der Waals surface area contributed by atoms with Gasteiger partial charge in [-0.15, -0.1) is 0 Å². The number of hydrogen-bond acceptors (Lipinski definition) is 4. The van der Waals surface area contributed by atoms with Crippen molar-refractivity contribution in [2.45, 2.75) is 20.0 Å². The summed E-state index contributed by atoms with van der Waals surface area (Å²) in [5.41, 5.74) is 3.33. The van der Waals surface area contributed by atoms with Gasteiger partial charge in [-0.05, 0) is 36.2 Å². The maximum Gasteiger partial charge on any atom is 0.273 e. The predicted molar refractivity (Wildman–Crippen MR) is 106 cm³/mol. The molecule has 1 N–H and O–H groups in total. The lowest BCUT2D eigenvalue weighted by molar-refractivity contribution is 0.0945. The van der Waals surface area contributed by atoms with E-state index in [0.29, 0.717) is 23.9 Å². The van der Waals surface area contributed by atoms with Crippen LogP contribution >= 0.6 is 0 Å². The zero-order valence-electron chi connectivity index (χ0n) is 15.5. The Hall–Kier alpha value is -3.67. The highest BCUT2D eigenvalue weighted by atomic mass is 16.4. The van der Waals surface area contributed by atoms with Crippen molar-refractivity contribution in [1.29, 1.82) is 0 Å². The van der Waals surface area contributed by atoms with Crippen LogP contribution in [0.5, 0.6) is 0 Å². The van der Waals surface area contributed by atoms with Crippen LogP contribution in [0.2, 0.25) is 0 Å². The molecule has 0 unspecified atom stereocenters. The molecule has 6 nitrogen and oxygen atoms in total. The van der Waals surface area contributed by atoms with Crippen molar-refractivity contribution in [3.8, 4) is 11.5 Å². The number of carbonyl (C=O) groups excluding carboxylic acids is 1. The van der Waals surface area contributed by atoms with Crippen LogP contribution in [-0.4, -0.2) is 20.7 Å². The summed E-state index contributed by atoms with van der Waals surface area (Å²) in [6.07, 6.45) is 3.69. The first-order valence-electron chi connectivity index (χ1n) is 9.05. The van der Waals surface area contributed by atoms with E-state index in [0.717, 1.165) is 23.2 Å². The van der Waals surface area contributed by atoms with Crippen molar-refractivity contribution in [3.05, 3.63) is 95.6 Å². The van der Waals surface area contributed by atoms with E-state index in [-0.39, 0.29) is 5.91 Å². The van der Waals surface area contributed by atoms with E-state index in [2.05, 4.69) is 15.4 Å². The largest absolute Gasteiger partial charge is 0.441 e. The highest BCUT2D eigenvalue weighted by molar-refractivity contribution is 5.93. The predicted octanol–water partition coefficient (Wildman–Crippen LogP) is 3.82. The van der Waals surface area contributed by atoms with E-state index < -0.39 is 0 Å². The molecule has 4 rings (SSSR count). The van der Waals surface area contributed by atoms with Crippen molar-refractivity contribution in [2.75, 3.05) is 0 Å². The summed E-state index contributed by atoms with van der Waals surface area (Å²) in [5, 5.41) is 7.11. The molecule has 6 heteroatoms. The molecule has 0 saturated carbocycles. The van der Waals surface area contributed by atoms with E-state index >= 15 is 0 Å². The van der Waals surface area contributed by atoms with Crippen molar-refractivity contribution in [3.63, 3.8) is 0 Å². The molecule has 0 aliphatic heterocycles. The van der Waals surface area contributed by atoms with Crippen LogP contribution in [0.3, 0.4) is 0 Å². The molecule has 2 heterocycles. The Balaban J connectivity index is 1.38. The first kappa shape index (κ1) is 17.7. The Morgan fingerprint density at radius 2 is 1.79 bits per heavy atom. The van der Waals surface area contributed by atoms with E-state index in [9.17, 15) is 4.79 Å². The van der Waals surface area contributed by atoms with Gasteiger partial charge in [0.05, 0.1) is 6.54 Å². The lowest BCUT2D eigenvalue weighted by Gasteiger charge is -2.06. The number of nitrogens with one attached hydrogen (secondary N) is 1. The molecule has 0 saturated heterocycles. The molecule has 4 aromatic rings. The quantitative estimate of drug-likeness (QED) is 0.558. The van der Waals surface area contributed by atoms with Gasteiger partial charge in [0.1, 0.15) is 5.76 Å². The number of amides is 1. The van der Waals surface area contributed by atoms with Crippen LogP contribution in [0.1, 0.15) is 27.4 Å². The third-order valence-electron chi connectivity index (χ3n) is 4.41. The molecule has 2 aromatic carbocycles. The van der Waals surface area contributed by atoms with Crippen LogP contribution in [0.4, 0.5) is 0 Å². The highest BCUT2D eigenvalue weighted by Gasteiger charge is 2.17. The molecule has 0 aliphatic rings. The maximum absolute atomic E-state index is 12.5. The normalized spacial score (nSPS) is 10.8. The lowest BCUT2D eigenvalue weighted by atomic mass is 10.1. The number of hydrogen-bond donors (Lipinski definition) is 1. The number of aryl methyl sites for hydroxylation is 1. The second-order valence-electron chi connectivity index (χ2n) is 6.49. The minimum Gasteiger partial charge on any atom is -0.441 e. The summed E-state index contributed by atoms with van der Waals surface area (Å²) in [6, 6.07) is 19.5. The molecule has 140 valence electrons. The van der Waals surface area contributed by atoms with Gasteiger partial charge in [-0.1, -0.05) is 42.5 Å². The number of nitrogens with zero attached hydrogens (tertiary/aromatic N) is 3. The Bertz CT molecular complexity index is 1050. The summed E-state index contributed by atoms with van der Waals surface area (Å²) in [4.78, 5) is 16.9. The summed E-state index contributed by atoms with van der Waals surface area (Å²) < 4.78 is 7.53. The number of aromatic nitrogens is 3. The highest BCUT2D eigenvalue weighted by Crippen LogP contribution is 2.21. The minimum absolute atomic E-state index is 0.246. The number of benzene rings is 2. The average Bonchev–Trinajstić information content (AvgIpc) is 3.37. The second kappa shape index (κ2) is 7.92. The van der Waals surface area contributed by atoms with E-state index in [1.807, 2.05) is 71.5 Å². The molecular weight excluding hydrogens is 352 g/mol. The van der Waals surface area contributed by atoms with Crippen LogP contribution in [0.25, 0.3) is 11.5 Å². The molecule has 0 atom stereocenters. The zero-order chi connectivity index (χ0) is 19.3. The fraction of sp³-hybridized carbons (Fsp3) is 0.136. The minimum atomic E-state index is -0.246. The Labute approximate surface area is 162 Å². The number of rotatable bonds is 6. The molecule has 2 aromatic heterocycles. The van der Waals surface area contributed by atoms with Gasteiger partial charge >= 0.3 is 0 Å². The standard InChI is InChI=1S/C22H20N4O2/c1-16-20(25-22(28-16)19-6-3-2-4-7-19)21(27)23-14-17-8-10-18(11-9-17)15-26-13-5-12-24-26/h2-13H,14-15H2,1H3,(H,23,27). The maximum atomic E-state index is 12.5. The van der Waals surface area contributed by atoms with E-state index in [1.54, 1.807) is 13.1 Å². The monoisotopic (exact) mass is 372 g/mol. The Morgan fingerprint density at radius 3 is 2.50 bits per heavy atom. The second-order valence-corrected chi connectivity index (χ2v) is 6.49. The van der Waals surface area contributed by atoms with Crippen LogP contribution in [0, 0.1) is 6.92 Å². The van der Waals surface area contributed by atoms with Gasteiger partial charge in [-0.25, -0.2) is 4.98 Å². The Kier molecular flexibility index (Phi) is 5.01. The third-order valence-corrected chi connectivity index (χ3v) is 4.41. The van der Waals surface area contributed by atoms with Crippen LogP contribution < -0.4 is 5.32 Å². The zero-order valence-corrected chi connectivity index (χ0v) is 15.5. The van der Waals surface area contributed by atoms with Crippen LogP contribution in [-0.2, 0) is 13.1 Å². The molecule has 1 amide bonds. The van der Waals surface area contributed by atoms with Crippen molar-refractivity contribution >= 4 is 5.91 Å². The summed E-state index contributed by atoms with van der Waals surface area (Å²) in [6.45, 7) is 2.90. The molecular formula is C22H20N4O2. The van der Waals surface area contributed by atoms with Gasteiger partial charge in [0.2, 0.25) is 5.89 Å². The topological polar surface area (TPSA) is 73.0 Å². The van der Waals surface area contributed by atoms with Crippen molar-refractivity contribution < 1.29 is 9.21 Å². The van der Waals surface area contributed by atoms with Gasteiger partial charge < -0.3 is 9.73 Å². The number of carbonyl (C=O) groups is 1. The van der Waals surface area contributed by atoms with E-state index in [4.69, 9.17) is 4.42 Å². The smallest absolute Gasteiger partial charge is 0.273 e. The third kappa shape index (κ3) is 4.01. The molecule has 0 radical (unpaired) electrons. The Morgan fingerprint density at radius 1 is 1.04 bits per heavy atom. The average molecular weight is 372 g/mol. The van der Waals surface area contributed by atoms with Gasteiger partial charge in [0.15, 0.2) is 5.69 Å². The summed E-state index contributed by atoms with van der Waals surface area (Å²) >= 11 is 0. The fourth-order valence-corrected chi connectivity index (χ4v) is 2.92. The van der Waals surface area contributed by atoms with Gasteiger partial charge in [0, 0.05) is 24.5 Å². The first-order chi connectivity index (χ1) is 13.7. The summed E-state index contributed by atoms with van der Waals surface area (Å²) in [7, 11) is 0. The number of oxazole rings is 1. The van der Waals surface area contributed by atoms with Crippen molar-refractivity contribution in [1.82, 2.24) is 20.1 Å². The van der Waals surface area contributed by atoms with E-state index in [1.165, 1.54) is 0 Å². The molecule has 0 fully saturated rings. The van der Waals surface area contributed by atoms with Gasteiger partial charge in [0.25, 0.3) is 5.91 Å². The molecule has 0 bridgehead atoms. The SMILES string of the molecule is Cc1oc(-c2ccccc2)nc1C(=O)NCc1ccc(Cn2cccn2)cc1. The molecule has 0 spiro atoms. The van der Waals surface area contributed by atoms with Crippen molar-refractivity contribution in [2.24, 2.45) is 0 Å². The first-order valence-corrected chi connectivity index (χ1v) is 9.05. The van der Waals surface area contributed by atoms with Crippen LogP contribution in [0.15, 0.2) is 77.5 Å². The summed E-state index contributed by atoms with van der Waals surface area (Å²) in [5.74, 6) is 0.709. The molecule has 28 heavy (non-hydrogen) atoms.